The van der Waals surface area contributed by atoms with Crippen molar-refractivity contribution in [1.82, 2.24) is 9.88 Å². The third-order valence-corrected chi connectivity index (χ3v) is 4.88. The number of nitrogens with zero attached hydrogens (tertiary/aromatic N) is 3. The number of oxime groups is 1. The highest BCUT2D eigenvalue weighted by Crippen LogP contribution is 2.30. The van der Waals surface area contributed by atoms with E-state index in [4.69, 9.17) is 10.9 Å². The summed E-state index contributed by atoms with van der Waals surface area (Å²) in [5.74, 6) is 0.842. The second-order valence-corrected chi connectivity index (χ2v) is 7.37. The van der Waals surface area contributed by atoms with E-state index in [9.17, 15) is 4.79 Å². The molecule has 0 aliphatic carbocycles. The molecule has 0 saturated carbocycles. The molecule has 0 aromatic carbocycles. The lowest BCUT2D eigenvalue weighted by molar-refractivity contribution is 0.0758. The van der Waals surface area contributed by atoms with E-state index in [-0.39, 0.29) is 16.5 Å². The van der Waals surface area contributed by atoms with Crippen LogP contribution in [0.15, 0.2) is 23.5 Å². The van der Waals surface area contributed by atoms with Gasteiger partial charge in [0, 0.05) is 35.3 Å². The molecule has 1 aromatic rings. The molecule has 1 aromatic heterocycles. The zero-order valence-corrected chi connectivity index (χ0v) is 13.1. The van der Waals surface area contributed by atoms with Gasteiger partial charge in [-0.15, -0.1) is 0 Å². The Bertz CT molecular complexity index is 542. The van der Waals surface area contributed by atoms with Gasteiger partial charge in [0.1, 0.15) is 5.69 Å². The highest BCUT2D eigenvalue weighted by Gasteiger charge is 2.26. The van der Waals surface area contributed by atoms with E-state index >= 15 is 0 Å². The lowest BCUT2D eigenvalue weighted by Gasteiger charge is -2.22. The van der Waals surface area contributed by atoms with Gasteiger partial charge < -0.3 is 15.8 Å². The first kappa shape index (κ1) is 15.6. The molecule has 0 radical (unpaired) electrons. The lowest BCUT2D eigenvalue weighted by Crippen LogP contribution is -2.34. The third kappa shape index (κ3) is 3.87. The van der Waals surface area contributed by atoms with Crippen LogP contribution in [0.1, 0.15) is 36.3 Å². The van der Waals surface area contributed by atoms with Gasteiger partial charge in [0.05, 0.1) is 0 Å². The Morgan fingerprint density at radius 2 is 2.24 bits per heavy atom. The van der Waals surface area contributed by atoms with Gasteiger partial charge in [-0.05, 0) is 18.6 Å². The van der Waals surface area contributed by atoms with Crippen molar-refractivity contribution in [3.05, 3.63) is 29.6 Å². The van der Waals surface area contributed by atoms with E-state index < -0.39 is 0 Å². The fourth-order valence-corrected chi connectivity index (χ4v) is 3.21. The molecule has 1 amide bonds. The minimum atomic E-state index is -0.0700. The fraction of sp³-hybridized carbons (Fsp3) is 0.500. The van der Waals surface area contributed by atoms with Crippen molar-refractivity contribution in [3.8, 4) is 0 Å². The maximum absolute atomic E-state index is 12.5. The van der Waals surface area contributed by atoms with Crippen LogP contribution in [0, 0.1) is 0 Å². The molecule has 2 heterocycles. The summed E-state index contributed by atoms with van der Waals surface area (Å²) in [4.78, 5) is 18.4. The average molecular weight is 308 g/mol. The van der Waals surface area contributed by atoms with Gasteiger partial charge >= 0.3 is 0 Å². The summed E-state index contributed by atoms with van der Waals surface area (Å²) in [6.07, 6.45) is 2.41. The van der Waals surface area contributed by atoms with Crippen LogP contribution >= 0.6 is 11.8 Å². The van der Waals surface area contributed by atoms with E-state index in [1.807, 2.05) is 16.7 Å². The maximum atomic E-state index is 12.5. The van der Waals surface area contributed by atoms with Crippen molar-refractivity contribution in [2.45, 2.75) is 25.0 Å². The first-order valence-corrected chi connectivity index (χ1v) is 7.79. The number of hydrogen-bond acceptors (Lipinski definition) is 5. The van der Waals surface area contributed by atoms with Crippen LogP contribution in [-0.2, 0) is 0 Å². The van der Waals surface area contributed by atoms with E-state index in [0.717, 1.165) is 25.3 Å². The van der Waals surface area contributed by atoms with Crippen molar-refractivity contribution in [2.75, 3.05) is 18.8 Å². The minimum absolute atomic E-state index is 0.0191. The molecule has 2 rings (SSSR count). The van der Waals surface area contributed by atoms with Crippen molar-refractivity contribution in [3.63, 3.8) is 0 Å². The third-order valence-electron chi connectivity index (χ3n) is 3.51. The van der Waals surface area contributed by atoms with Gasteiger partial charge in [-0.1, -0.05) is 19.0 Å². The Morgan fingerprint density at radius 3 is 2.86 bits per heavy atom. The number of hydrogen-bond donors (Lipinski definition) is 2. The summed E-state index contributed by atoms with van der Waals surface area (Å²) >= 11 is 1.89. The standard InChI is InChI=1S/C14H20N4O2S/c1-14(2)5-6-18(7-8-21-14)13(19)11-4-3-10(9-16-11)12(15)17-20/h3-4,9,20H,5-8H2,1-2H3,(H2,15,17). The molecule has 7 heteroatoms. The van der Waals surface area contributed by atoms with Crippen LogP contribution < -0.4 is 5.73 Å². The van der Waals surface area contributed by atoms with Crippen molar-refractivity contribution in [1.29, 1.82) is 0 Å². The number of aromatic nitrogens is 1. The maximum Gasteiger partial charge on any atom is 0.272 e. The highest BCUT2D eigenvalue weighted by atomic mass is 32.2. The molecule has 21 heavy (non-hydrogen) atoms. The largest absolute Gasteiger partial charge is 0.409 e. The van der Waals surface area contributed by atoms with Crippen LogP contribution in [0.3, 0.4) is 0 Å². The summed E-state index contributed by atoms with van der Waals surface area (Å²) in [5.41, 5.74) is 6.35. The van der Waals surface area contributed by atoms with Gasteiger partial charge in [0.2, 0.25) is 0 Å². The number of rotatable bonds is 2. The molecule has 114 valence electrons. The smallest absolute Gasteiger partial charge is 0.272 e. The first-order chi connectivity index (χ1) is 9.93. The second kappa shape index (κ2) is 6.34. The molecule has 6 nitrogen and oxygen atoms in total. The monoisotopic (exact) mass is 308 g/mol. The Labute approximate surface area is 128 Å². The van der Waals surface area contributed by atoms with Crippen LogP contribution in [0.5, 0.6) is 0 Å². The van der Waals surface area contributed by atoms with Crippen molar-refractivity contribution in [2.24, 2.45) is 10.9 Å². The van der Waals surface area contributed by atoms with E-state index in [2.05, 4.69) is 24.0 Å². The summed E-state index contributed by atoms with van der Waals surface area (Å²) in [6, 6.07) is 3.24. The minimum Gasteiger partial charge on any atom is -0.409 e. The summed E-state index contributed by atoms with van der Waals surface area (Å²) in [5, 5.41) is 11.5. The van der Waals surface area contributed by atoms with Crippen molar-refractivity contribution < 1.29 is 10.0 Å². The van der Waals surface area contributed by atoms with E-state index in [0.29, 0.717) is 11.3 Å². The predicted octanol–water partition coefficient (Wildman–Crippen LogP) is 1.53. The average Bonchev–Trinajstić information content (AvgIpc) is 2.66. The molecule has 0 unspecified atom stereocenters. The summed E-state index contributed by atoms with van der Waals surface area (Å²) < 4.78 is 0.207. The molecular weight excluding hydrogens is 288 g/mol. The van der Waals surface area contributed by atoms with Crippen LogP contribution in [0.4, 0.5) is 0 Å². The molecule has 3 N–H and O–H groups in total. The summed E-state index contributed by atoms with van der Waals surface area (Å²) in [7, 11) is 0. The number of nitrogens with two attached hydrogens (primary N) is 1. The number of amides is 1. The quantitative estimate of drug-likeness (QED) is 0.374. The van der Waals surface area contributed by atoms with Crippen molar-refractivity contribution >= 4 is 23.5 Å². The highest BCUT2D eigenvalue weighted by molar-refractivity contribution is 8.00. The number of pyridine rings is 1. The zero-order valence-electron chi connectivity index (χ0n) is 12.2. The topological polar surface area (TPSA) is 91.8 Å². The number of thioether (sulfide) groups is 1. The number of carbonyl (C=O) groups is 1. The Morgan fingerprint density at radius 1 is 1.48 bits per heavy atom. The summed E-state index contributed by atoms with van der Waals surface area (Å²) in [6.45, 7) is 5.88. The Hall–Kier alpha value is -1.76. The number of amidine groups is 1. The van der Waals surface area contributed by atoms with Gasteiger partial charge in [-0.3, -0.25) is 9.78 Å². The SMILES string of the molecule is CC1(C)CCN(C(=O)c2ccc(/C(N)=N/O)cn2)CCS1. The van der Waals surface area contributed by atoms with Crippen LogP contribution in [-0.4, -0.2) is 50.4 Å². The molecule has 0 bridgehead atoms. The van der Waals surface area contributed by atoms with Gasteiger partial charge in [-0.25, -0.2) is 0 Å². The Balaban J connectivity index is 2.09. The predicted molar refractivity (Wildman–Crippen MR) is 83.8 cm³/mol. The molecule has 1 fully saturated rings. The molecule has 1 aliphatic heterocycles. The zero-order chi connectivity index (χ0) is 15.5. The molecule has 0 atom stereocenters. The second-order valence-electron chi connectivity index (χ2n) is 5.57. The normalized spacial score (nSPS) is 19.1. The molecule has 1 saturated heterocycles. The molecule has 0 spiro atoms. The molecule has 1 aliphatic rings. The first-order valence-electron chi connectivity index (χ1n) is 6.80. The van der Waals surface area contributed by atoms with Gasteiger partial charge in [0.25, 0.3) is 5.91 Å². The van der Waals surface area contributed by atoms with Crippen LogP contribution in [0.2, 0.25) is 0 Å². The molecular formula is C14H20N4O2S. The van der Waals surface area contributed by atoms with Gasteiger partial charge in [0.15, 0.2) is 5.84 Å². The van der Waals surface area contributed by atoms with Crippen LogP contribution in [0.25, 0.3) is 0 Å². The fourth-order valence-electron chi connectivity index (χ4n) is 2.12. The van der Waals surface area contributed by atoms with E-state index in [1.165, 1.54) is 6.20 Å². The van der Waals surface area contributed by atoms with Gasteiger partial charge in [-0.2, -0.15) is 11.8 Å². The number of carbonyl (C=O) groups excluding carboxylic acids is 1. The lowest BCUT2D eigenvalue weighted by atomic mass is 10.1. The van der Waals surface area contributed by atoms with E-state index in [1.54, 1.807) is 12.1 Å². The Kier molecular flexibility index (Phi) is 4.72.